The predicted molar refractivity (Wildman–Crippen MR) is 57.7 cm³/mol. The van der Waals surface area contributed by atoms with E-state index in [9.17, 15) is 4.79 Å². The maximum absolute atomic E-state index is 11.6. The van der Waals surface area contributed by atoms with Crippen molar-refractivity contribution in [2.24, 2.45) is 0 Å². The summed E-state index contributed by atoms with van der Waals surface area (Å²) in [5, 5.41) is 3.23. The SMILES string of the molecule is COCC(=O)C1Cc2ccccc2CN1. The molecule has 2 rings (SSSR count). The highest BCUT2D eigenvalue weighted by atomic mass is 16.5. The molecule has 3 heteroatoms. The molecule has 0 bridgehead atoms. The number of ether oxygens (including phenoxy) is 1. The third-order valence-corrected chi connectivity index (χ3v) is 2.76. The van der Waals surface area contributed by atoms with Crippen molar-refractivity contribution in [3.8, 4) is 0 Å². The standard InChI is InChI=1S/C12H15NO2/c1-15-8-12(14)11-6-9-4-2-3-5-10(9)7-13-11/h2-5,11,13H,6-8H2,1H3. The Labute approximate surface area is 89.4 Å². The van der Waals surface area contributed by atoms with Gasteiger partial charge in [-0.1, -0.05) is 24.3 Å². The zero-order valence-electron chi connectivity index (χ0n) is 8.82. The molecule has 0 saturated carbocycles. The van der Waals surface area contributed by atoms with Crippen LogP contribution in [0.2, 0.25) is 0 Å². The van der Waals surface area contributed by atoms with Crippen molar-refractivity contribution in [1.82, 2.24) is 5.32 Å². The maximum Gasteiger partial charge on any atom is 0.175 e. The Morgan fingerprint density at radius 2 is 2.20 bits per heavy atom. The highest BCUT2D eigenvalue weighted by molar-refractivity contribution is 5.85. The van der Waals surface area contributed by atoms with E-state index in [4.69, 9.17) is 4.74 Å². The molecule has 1 aromatic carbocycles. The minimum Gasteiger partial charge on any atom is -0.377 e. The van der Waals surface area contributed by atoms with E-state index in [1.807, 2.05) is 12.1 Å². The number of carbonyl (C=O) groups excluding carboxylic acids is 1. The number of fused-ring (bicyclic) bond motifs is 1. The average molecular weight is 205 g/mol. The fraction of sp³-hybridized carbons (Fsp3) is 0.417. The Hall–Kier alpha value is -1.19. The first-order valence-corrected chi connectivity index (χ1v) is 5.13. The van der Waals surface area contributed by atoms with Gasteiger partial charge in [0.25, 0.3) is 0 Å². The van der Waals surface area contributed by atoms with Gasteiger partial charge in [0.15, 0.2) is 5.78 Å². The van der Waals surface area contributed by atoms with Gasteiger partial charge in [-0.25, -0.2) is 0 Å². The third kappa shape index (κ3) is 2.25. The van der Waals surface area contributed by atoms with Gasteiger partial charge < -0.3 is 10.1 Å². The van der Waals surface area contributed by atoms with Crippen LogP contribution >= 0.6 is 0 Å². The van der Waals surface area contributed by atoms with Crippen LogP contribution < -0.4 is 5.32 Å². The molecule has 1 aliphatic heterocycles. The van der Waals surface area contributed by atoms with Crippen molar-refractivity contribution in [3.63, 3.8) is 0 Å². The summed E-state index contributed by atoms with van der Waals surface area (Å²) in [6.45, 7) is 0.968. The van der Waals surface area contributed by atoms with Crippen molar-refractivity contribution < 1.29 is 9.53 Å². The first-order valence-electron chi connectivity index (χ1n) is 5.13. The molecule has 1 aliphatic rings. The quantitative estimate of drug-likeness (QED) is 0.797. The number of methoxy groups -OCH3 is 1. The molecule has 0 spiro atoms. The zero-order chi connectivity index (χ0) is 10.7. The van der Waals surface area contributed by atoms with E-state index in [1.54, 1.807) is 7.11 Å². The van der Waals surface area contributed by atoms with Crippen LogP contribution in [-0.2, 0) is 22.5 Å². The summed E-state index contributed by atoms with van der Waals surface area (Å²) < 4.78 is 4.86. The lowest BCUT2D eigenvalue weighted by Gasteiger charge is -2.24. The Kier molecular flexibility index (Phi) is 3.14. The molecular formula is C12H15NO2. The van der Waals surface area contributed by atoms with E-state index < -0.39 is 0 Å². The number of nitrogens with one attached hydrogen (secondary N) is 1. The number of carbonyl (C=O) groups is 1. The molecule has 1 atom stereocenters. The van der Waals surface area contributed by atoms with Gasteiger partial charge in [0, 0.05) is 13.7 Å². The molecule has 80 valence electrons. The van der Waals surface area contributed by atoms with Crippen LogP contribution in [-0.4, -0.2) is 25.5 Å². The molecule has 0 radical (unpaired) electrons. The molecule has 0 aliphatic carbocycles. The van der Waals surface area contributed by atoms with Crippen molar-refractivity contribution in [1.29, 1.82) is 0 Å². The molecule has 15 heavy (non-hydrogen) atoms. The lowest BCUT2D eigenvalue weighted by atomic mass is 9.94. The number of ketones is 1. The largest absolute Gasteiger partial charge is 0.377 e. The molecule has 0 fully saturated rings. The van der Waals surface area contributed by atoms with E-state index in [1.165, 1.54) is 11.1 Å². The van der Waals surface area contributed by atoms with E-state index in [2.05, 4.69) is 17.4 Å². The second-order valence-corrected chi connectivity index (χ2v) is 3.81. The summed E-state index contributed by atoms with van der Waals surface area (Å²) in [5.74, 6) is 0.131. The van der Waals surface area contributed by atoms with Crippen LogP contribution in [0.4, 0.5) is 0 Å². The van der Waals surface area contributed by atoms with Crippen molar-refractivity contribution in [2.75, 3.05) is 13.7 Å². The Morgan fingerprint density at radius 3 is 2.93 bits per heavy atom. The second kappa shape index (κ2) is 4.55. The second-order valence-electron chi connectivity index (χ2n) is 3.81. The van der Waals surface area contributed by atoms with Crippen LogP contribution in [0.15, 0.2) is 24.3 Å². The predicted octanol–water partition coefficient (Wildman–Crippen LogP) is 0.916. The van der Waals surface area contributed by atoms with Gasteiger partial charge in [0.05, 0.1) is 6.04 Å². The summed E-state index contributed by atoms with van der Waals surface area (Å²) in [4.78, 5) is 11.6. The summed E-state index contributed by atoms with van der Waals surface area (Å²) in [6, 6.07) is 8.14. The van der Waals surface area contributed by atoms with Gasteiger partial charge in [-0.3, -0.25) is 4.79 Å². The molecule has 1 heterocycles. The average Bonchev–Trinajstić information content (AvgIpc) is 2.29. The first kappa shape index (κ1) is 10.3. The molecule has 0 amide bonds. The fourth-order valence-corrected chi connectivity index (χ4v) is 1.92. The van der Waals surface area contributed by atoms with Gasteiger partial charge in [-0.15, -0.1) is 0 Å². The first-order chi connectivity index (χ1) is 7.31. The molecule has 0 aromatic heterocycles. The summed E-state index contributed by atoms with van der Waals surface area (Å²) in [5.41, 5.74) is 2.56. The number of rotatable bonds is 3. The van der Waals surface area contributed by atoms with E-state index in [-0.39, 0.29) is 18.4 Å². The monoisotopic (exact) mass is 205 g/mol. The number of Topliss-reactive ketones (excluding diaryl/α,β-unsaturated/α-hetero) is 1. The molecule has 0 saturated heterocycles. The van der Waals surface area contributed by atoms with Crippen LogP contribution in [0.1, 0.15) is 11.1 Å². The van der Waals surface area contributed by atoms with Crippen LogP contribution in [0, 0.1) is 0 Å². The van der Waals surface area contributed by atoms with Crippen molar-refractivity contribution in [3.05, 3.63) is 35.4 Å². The summed E-state index contributed by atoms with van der Waals surface area (Å²) >= 11 is 0. The van der Waals surface area contributed by atoms with E-state index in [0.29, 0.717) is 0 Å². The summed E-state index contributed by atoms with van der Waals surface area (Å²) in [7, 11) is 1.55. The van der Waals surface area contributed by atoms with Gasteiger partial charge in [-0.2, -0.15) is 0 Å². The van der Waals surface area contributed by atoms with Crippen LogP contribution in [0.3, 0.4) is 0 Å². The minimum absolute atomic E-state index is 0.0835. The topological polar surface area (TPSA) is 38.3 Å². The lowest BCUT2D eigenvalue weighted by Crippen LogP contribution is -2.43. The molecule has 1 aromatic rings. The van der Waals surface area contributed by atoms with Crippen molar-refractivity contribution in [2.45, 2.75) is 19.0 Å². The normalized spacial score (nSPS) is 19.7. The van der Waals surface area contributed by atoms with Crippen molar-refractivity contribution >= 4 is 5.78 Å². The van der Waals surface area contributed by atoms with E-state index in [0.717, 1.165) is 13.0 Å². The molecule has 1 unspecified atom stereocenters. The third-order valence-electron chi connectivity index (χ3n) is 2.76. The van der Waals surface area contributed by atoms with Crippen LogP contribution in [0.25, 0.3) is 0 Å². The fourth-order valence-electron chi connectivity index (χ4n) is 1.92. The Morgan fingerprint density at radius 1 is 1.47 bits per heavy atom. The molecule has 3 nitrogen and oxygen atoms in total. The number of hydrogen-bond acceptors (Lipinski definition) is 3. The van der Waals surface area contributed by atoms with Gasteiger partial charge in [-0.05, 0) is 17.5 Å². The number of hydrogen-bond donors (Lipinski definition) is 1. The summed E-state index contributed by atoms with van der Waals surface area (Å²) in [6.07, 6.45) is 0.776. The minimum atomic E-state index is -0.0835. The highest BCUT2D eigenvalue weighted by Gasteiger charge is 2.23. The molecular weight excluding hydrogens is 190 g/mol. The number of benzene rings is 1. The Bertz CT molecular complexity index is 362. The highest BCUT2D eigenvalue weighted by Crippen LogP contribution is 2.16. The van der Waals surface area contributed by atoms with Crippen LogP contribution in [0.5, 0.6) is 0 Å². The van der Waals surface area contributed by atoms with E-state index >= 15 is 0 Å². The lowest BCUT2D eigenvalue weighted by molar-refractivity contribution is -0.124. The molecule has 1 N–H and O–H groups in total. The smallest absolute Gasteiger partial charge is 0.175 e. The zero-order valence-corrected chi connectivity index (χ0v) is 8.82. The maximum atomic E-state index is 11.6. The van der Waals surface area contributed by atoms with Gasteiger partial charge in [0.2, 0.25) is 0 Å². The van der Waals surface area contributed by atoms with Gasteiger partial charge >= 0.3 is 0 Å². The Balaban J connectivity index is 2.08. The van der Waals surface area contributed by atoms with Gasteiger partial charge in [0.1, 0.15) is 6.61 Å².